The van der Waals surface area contributed by atoms with Crippen LogP contribution in [0.3, 0.4) is 0 Å². The number of ether oxygens (including phenoxy) is 1. The molecule has 1 heterocycles. The quantitative estimate of drug-likeness (QED) is 0.260. The van der Waals surface area contributed by atoms with Gasteiger partial charge in [-0.25, -0.2) is 13.8 Å². The number of nitriles is 1. The topological polar surface area (TPSA) is 124 Å². The minimum absolute atomic E-state index is 0.00897. The van der Waals surface area contributed by atoms with Crippen LogP contribution in [0.25, 0.3) is 5.70 Å². The van der Waals surface area contributed by atoms with E-state index in [2.05, 4.69) is 16.5 Å². The van der Waals surface area contributed by atoms with Crippen molar-refractivity contribution in [2.24, 2.45) is 10.9 Å². The second-order valence-electron chi connectivity index (χ2n) is 8.47. The van der Waals surface area contributed by atoms with E-state index in [1.54, 1.807) is 0 Å². The summed E-state index contributed by atoms with van der Waals surface area (Å²) in [4.78, 5) is 11.5. The van der Waals surface area contributed by atoms with Gasteiger partial charge >= 0.3 is 0 Å². The van der Waals surface area contributed by atoms with Gasteiger partial charge < -0.3 is 24.7 Å². The molecular weight excluding hydrogens is 470 g/mol. The zero-order valence-corrected chi connectivity index (χ0v) is 19.9. The van der Waals surface area contributed by atoms with Crippen molar-refractivity contribution in [3.63, 3.8) is 0 Å². The van der Waals surface area contributed by atoms with E-state index in [4.69, 9.17) is 20.6 Å². The molecule has 36 heavy (non-hydrogen) atoms. The van der Waals surface area contributed by atoms with Crippen molar-refractivity contribution in [3.05, 3.63) is 70.8 Å². The zero-order chi connectivity index (χ0) is 26.1. The fourth-order valence-electron chi connectivity index (χ4n) is 3.97. The number of hydrogen-bond acceptors (Lipinski definition) is 8. The highest BCUT2D eigenvalue weighted by Crippen LogP contribution is 2.25. The number of nitrogens with zero attached hydrogens (tertiary/aromatic N) is 3. The third kappa shape index (κ3) is 6.86. The molecular formula is C26H30F2N4O4. The van der Waals surface area contributed by atoms with E-state index >= 15 is 0 Å². The molecule has 2 aromatic rings. The molecule has 0 radical (unpaired) electrons. The Kier molecular flexibility index (Phi) is 9.90. The van der Waals surface area contributed by atoms with Crippen molar-refractivity contribution in [3.8, 4) is 11.8 Å². The summed E-state index contributed by atoms with van der Waals surface area (Å²) >= 11 is 0. The van der Waals surface area contributed by atoms with Gasteiger partial charge in [0.05, 0.1) is 24.0 Å². The molecule has 0 saturated carbocycles. The van der Waals surface area contributed by atoms with E-state index in [-0.39, 0.29) is 23.8 Å². The maximum atomic E-state index is 12.8. The second kappa shape index (κ2) is 13.1. The minimum atomic E-state index is -1.29. The van der Waals surface area contributed by atoms with Crippen LogP contribution in [0.1, 0.15) is 27.8 Å². The van der Waals surface area contributed by atoms with E-state index in [9.17, 15) is 19.1 Å². The van der Waals surface area contributed by atoms with Gasteiger partial charge in [-0.05, 0) is 53.8 Å². The maximum Gasteiger partial charge on any atom is 0.245 e. The van der Waals surface area contributed by atoms with Crippen LogP contribution in [0.4, 0.5) is 8.78 Å². The van der Waals surface area contributed by atoms with Crippen molar-refractivity contribution in [1.29, 1.82) is 5.26 Å². The van der Waals surface area contributed by atoms with Gasteiger partial charge in [0.1, 0.15) is 25.2 Å². The molecule has 3 rings (SSSR count). The summed E-state index contributed by atoms with van der Waals surface area (Å²) in [5, 5.41) is 28.3. The predicted octanol–water partition coefficient (Wildman–Crippen LogP) is 2.31. The average molecular weight is 501 g/mol. The van der Waals surface area contributed by atoms with Crippen molar-refractivity contribution in [1.82, 2.24) is 4.90 Å². The summed E-state index contributed by atoms with van der Waals surface area (Å²) < 4.78 is 30.9. The van der Waals surface area contributed by atoms with E-state index < -0.39 is 25.6 Å². The lowest BCUT2D eigenvalue weighted by Crippen LogP contribution is -2.35. The van der Waals surface area contributed by atoms with Crippen molar-refractivity contribution >= 4 is 11.6 Å². The van der Waals surface area contributed by atoms with Crippen LogP contribution in [0, 0.1) is 11.3 Å². The predicted molar refractivity (Wildman–Crippen MR) is 132 cm³/mol. The molecule has 4 N–H and O–H groups in total. The maximum absolute atomic E-state index is 12.8. The average Bonchev–Trinajstić information content (AvgIpc) is 3.11. The molecule has 1 unspecified atom stereocenters. The Morgan fingerprint density at radius 1 is 1.14 bits per heavy atom. The van der Waals surface area contributed by atoms with Crippen molar-refractivity contribution in [2.45, 2.75) is 25.0 Å². The number of hydrogen-bond donors (Lipinski definition) is 3. The Hall–Kier alpha value is -3.36. The molecule has 1 atom stereocenters. The number of fused-ring (bicyclic) bond motifs is 1. The van der Waals surface area contributed by atoms with Gasteiger partial charge in [0.2, 0.25) is 5.90 Å². The SMILES string of the molecule is C=C(N=C(ON)c1ccc(OC(CF)CF)c(C#N)c1)c1ccc2c(c1)CCN(CC(O)CO)CC2. The minimum Gasteiger partial charge on any atom is -0.484 e. The van der Waals surface area contributed by atoms with E-state index in [1.807, 2.05) is 24.3 Å². The Labute approximate surface area is 208 Å². The summed E-state index contributed by atoms with van der Waals surface area (Å²) in [5.41, 5.74) is 3.91. The third-order valence-electron chi connectivity index (χ3n) is 5.95. The first-order valence-corrected chi connectivity index (χ1v) is 11.5. The van der Waals surface area contributed by atoms with Crippen LogP contribution < -0.4 is 10.6 Å². The van der Waals surface area contributed by atoms with Gasteiger partial charge in [0.15, 0.2) is 6.10 Å². The van der Waals surface area contributed by atoms with Gasteiger partial charge in [-0.2, -0.15) is 11.2 Å². The van der Waals surface area contributed by atoms with Gasteiger partial charge in [0.25, 0.3) is 0 Å². The molecule has 0 fully saturated rings. The molecule has 1 aliphatic heterocycles. The van der Waals surface area contributed by atoms with Crippen LogP contribution >= 0.6 is 0 Å². The lowest BCUT2D eigenvalue weighted by atomic mass is 9.99. The first kappa shape index (κ1) is 27.2. The van der Waals surface area contributed by atoms with Crippen LogP contribution in [-0.2, 0) is 17.7 Å². The third-order valence-corrected chi connectivity index (χ3v) is 5.95. The van der Waals surface area contributed by atoms with Gasteiger partial charge in [-0.15, -0.1) is 0 Å². The number of β-amino-alcohol motifs (C(OH)–C–C–N with tert-alkyl or cyclic N) is 1. The van der Waals surface area contributed by atoms with E-state index in [0.717, 1.165) is 37.1 Å². The Morgan fingerprint density at radius 3 is 2.47 bits per heavy atom. The van der Waals surface area contributed by atoms with Crippen LogP contribution in [0.2, 0.25) is 0 Å². The molecule has 1 aliphatic rings. The fourth-order valence-corrected chi connectivity index (χ4v) is 3.97. The smallest absolute Gasteiger partial charge is 0.245 e. The standard InChI is InChI=1S/C26H30F2N4O4/c1-17(19-3-2-18-6-8-32(15-23(34)16-33)9-7-20(18)10-19)31-26(36-30)21-4-5-25(22(11-21)14-29)35-24(12-27)13-28/h2-5,10-11,23-24,33-34H,1,6-9,12-13,15-16,30H2. The summed E-state index contributed by atoms with van der Waals surface area (Å²) in [6, 6.07) is 12.2. The van der Waals surface area contributed by atoms with Gasteiger partial charge in [0, 0.05) is 25.2 Å². The zero-order valence-electron chi connectivity index (χ0n) is 19.9. The highest BCUT2D eigenvalue weighted by Gasteiger charge is 2.18. The molecule has 8 nitrogen and oxygen atoms in total. The summed E-state index contributed by atoms with van der Waals surface area (Å²) in [6.07, 6.45) is -0.467. The Balaban J connectivity index is 1.79. The monoisotopic (exact) mass is 500 g/mol. The molecule has 0 aliphatic carbocycles. The van der Waals surface area contributed by atoms with E-state index in [1.165, 1.54) is 23.8 Å². The van der Waals surface area contributed by atoms with Crippen LogP contribution in [-0.4, -0.2) is 72.8 Å². The van der Waals surface area contributed by atoms with E-state index in [0.29, 0.717) is 17.8 Å². The summed E-state index contributed by atoms with van der Waals surface area (Å²) in [7, 11) is 0. The number of halogens is 2. The molecule has 10 heteroatoms. The number of alkyl halides is 2. The molecule has 0 bridgehead atoms. The first-order chi connectivity index (χ1) is 17.4. The molecule has 192 valence electrons. The summed E-state index contributed by atoms with van der Waals surface area (Å²) in [5.74, 6) is 5.51. The lowest BCUT2D eigenvalue weighted by molar-refractivity contribution is 0.0605. The van der Waals surface area contributed by atoms with Crippen molar-refractivity contribution in [2.75, 3.05) is 39.6 Å². The number of rotatable bonds is 10. The summed E-state index contributed by atoms with van der Waals surface area (Å²) in [6.45, 7) is 3.67. The number of benzene rings is 2. The number of aliphatic hydroxyl groups is 2. The largest absolute Gasteiger partial charge is 0.484 e. The molecule has 2 aromatic carbocycles. The Morgan fingerprint density at radius 2 is 1.83 bits per heavy atom. The molecule has 0 saturated heterocycles. The van der Waals surface area contributed by atoms with Gasteiger partial charge in [-0.1, -0.05) is 18.7 Å². The van der Waals surface area contributed by atoms with Crippen molar-refractivity contribution < 1.29 is 28.6 Å². The molecule has 0 amide bonds. The highest BCUT2D eigenvalue weighted by atomic mass is 19.1. The fraction of sp³-hybridized carbons (Fsp3) is 0.385. The molecule has 0 aromatic heterocycles. The van der Waals surface area contributed by atoms with Crippen LogP contribution in [0.15, 0.2) is 48.0 Å². The number of aliphatic imine (C=N–C) groups is 1. The lowest BCUT2D eigenvalue weighted by Gasteiger charge is -2.21. The highest BCUT2D eigenvalue weighted by molar-refractivity contribution is 5.97. The normalized spacial score (nSPS) is 15.1. The Bertz CT molecular complexity index is 1130. The van der Waals surface area contributed by atoms with Crippen LogP contribution in [0.5, 0.6) is 5.75 Å². The first-order valence-electron chi connectivity index (χ1n) is 11.5. The number of aliphatic hydroxyl groups excluding tert-OH is 2. The second-order valence-corrected chi connectivity index (χ2v) is 8.47. The number of nitrogens with two attached hydrogens (primary N) is 1. The van der Waals surface area contributed by atoms with Gasteiger partial charge in [-0.3, -0.25) is 0 Å². The molecule has 0 spiro atoms.